The van der Waals surface area contributed by atoms with Crippen molar-refractivity contribution in [1.29, 1.82) is 0 Å². The highest BCUT2D eigenvalue weighted by atomic mass is 19.1. The van der Waals surface area contributed by atoms with Crippen LogP contribution in [0, 0.1) is 11.7 Å². The molecule has 1 aromatic carbocycles. The normalized spacial score (nSPS) is 32.5. The van der Waals surface area contributed by atoms with Crippen LogP contribution in [0.25, 0.3) is 0 Å². The van der Waals surface area contributed by atoms with Crippen LogP contribution in [0.2, 0.25) is 0 Å². The van der Waals surface area contributed by atoms with E-state index in [2.05, 4.69) is 40.2 Å². The Labute approximate surface area is 185 Å². The summed E-state index contributed by atoms with van der Waals surface area (Å²) < 4.78 is 14.1. The molecule has 1 N–H and O–H groups in total. The molecule has 2 heterocycles. The first-order valence-corrected chi connectivity index (χ1v) is 12.2. The molecule has 0 bridgehead atoms. The van der Waals surface area contributed by atoms with Crippen molar-refractivity contribution < 1.29 is 9.18 Å². The molecule has 4 aliphatic rings. The molecule has 2 aliphatic carbocycles. The number of benzene rings is 1. The first-order chi connectivity index (χ1) is 14.9. The highest BCUT2D eigenvalue weighted by Gasteiger charge is 2.56. The van der Waals surface area contributed by atoms with Gasteiger partial charge in [0.25, 0.3) is 0 Å². The maximum atomic E-state index is 14.1. The molecule has 2 aliphatic heterocycles. The molecule has 0 atom stereocenters. The number of rotatable bonds is 5. The van der Waals surface area contributed by atoms with Gasteiger partial charge in [-0.3, -0.25) is 4.90 Å². The maximum Gasteiger partial charge on any atom is 0.320 e. The van der Waals surface area contributed by atoms with Crippen LogP contribution in [0.3, 0.4) is 0 Å². The standard InChI is InChI=1S/C25H37FN4O/c1-28(2)25(20-4-3-5-21(26)16-20)12-10-24(11-13-25)18-29(22-8-14-27-15-9-22)23(31)30(24)17-19-6-7-19/h3-5,16,19,22,27H,6-15,17-18H2,1-2H3. The number of hydrogen-bond acceptors (Lipinski definition) is 3. The van der Waals surface area contributed by atoms with E-state index in [1.165, 1.54) is 18.9 Å². The number of amides is 2. The largest absolute Gasteiger partial charge is 0.320 e. The summed E-state index contributed by atoms with van der Waals surface area (Å²) in [4.78, 5) is 20.4. The smallest absolute Gasteiger partial charge is 0.319 e. The minimum atomic E-state index is -0.164. The van der Waals surface area contributed by atoms with E-state index in [4.69, 9.17) is 0 Å². The number of urea groups is 1. The van der Waals surface area contributed by atoms with Crippen LogP contribution in [-0.4, -0.2) is 72.6 Å². The van der Waals surface area contributed by atoms with E-state index >= 15 is 0 Å². The van der Waals surface area contributed by atoms with Gasteiger partial charge in [-0.1, -0.05) is 12.1 Å². The van der Waals surface area contributed by atoms with Crippen molar-refractivity contribution in [1.82, 2.24) is 20.0 Å². The van der Waals surface area contributed by atoms with Gasteiger partial charge in [0.1, 0.15) is 5.82 Å². The van der Waals surface area contributed by atoms with Crippen LogP contribution in [-0.2, 0) is 5.54 Å². The fourth-order valence-electron chi connectivity index (χ4n) is 6.39. The van der Waals surface area contributed by atoms with Gasteiger partial charge in [0, 0.05) is 24.7 Å². The van der Waals surface area contributed by atoms with Crippen molar-refractivity contribution in [3.63, 3.8) is 0 Å². The number of nitrogens with zero attached hydrogens (tertiary/aromatic N) is 3. The summed E-state index contributed by atoms with van der Waals surface area (Å²) in [5, 5.41) is 3.44. The van der Waals surface area contributed by atoms with Gasteiger partial charge in [0.05, 0.1) is 5.54 Å². The molecule has 6 heteroatoms. The van der Waals surface area contributed by atoms with E-state index in [1.54, 1.807) is 6.07 Å². The Balaban J connectivity index is 1.41. The van der Waals surface area contributed by atoms with E-state index in [0.29, 0.717) is 12.0 Å². The third-order valence-electron chi connectivity index (χ3n) is 8.63. The lowest BCUT2D eigenvalue weighted by Crippen LogP contribution is -2.55. The van der Waals surface area contributed by atoms with Crippen LogP contribution in [0.5, 0.6) is 0 Å². The van der Waals surface area contributed by atoms with E-state index in [0.717, 1.165) is 70.3 Å². The molecule has 0 aromatic heterocycles. The topological polar surface area (TPSA) is 38.8 Å². The third kappa shape index (κ3) is 3.76. The summed E-state index contributed by atoms with van der Waals surface area (Å²) in [6.45, 7) is 3.81. The molecule has 5 rings (SSSR count). The van der Waals surface area contributed by atoms with Crippen molar-refractivity contribution in [3.8, 4) is 0 Å². The minimum absolute atomic E-state index is 0.0582. The molecule has 2 amide bonds. The average Bonchev–Trinajstić information content (AvgIpc) is 3.56. The van der Waals surface area contributed by atoms with Gasteiger partial charge in [-0.25, -0.2) is 9.18 Å². The summed E-state index contributed by atoms with van der Waals surface area (Å²) >= 11 is 0. The number of hydrogen-bond donors (Lipinski definition) is 1. The Morgan fingerprint density at radius 2 is 1.81 bits per heavy atom. The van der Waals surface area contributed by atoms with Gasteiger partial charge in [0.15, 0.2) is 0 Å². The minimum Gasteiger partial charge on any atom is -0.319 e. The molecular formula is C25H37FN4O. The fourth-order valence-corrected chi connectivity index (χ4v) is 6.39. The van der Waals surface area contributed by atoms with Crippen LogP contribution in [0.4, 0.5) is 9.18 Å². The van der Waals surface area contributed by atoms with Crippen molar-refractivity contribution >= 4 is 6.03 Å². The van der Waals surface area contributed by atoms with Crippen molar-refractivity contribution in [2.24, 2.45) is 5.92 Å². The second-order valence-electron chi connectivity index (χ2n) is 10.6. The quantitative estimate of drug-likeness (QED) is 0.776. The summed E-state index contributed by atoms with van der Waals surface area (Å²) in [6.07, 6.45) is 8.53. The van der Waals surface area contributed by atoms with E-state index in [1.807, 2.05) is 6.07 Å². The molecule has 2 saturated heterocycles. The Morgan fingerprint density at radius 3 is 2.42 bits per heavy atom. The highest BCUT2D eigenvalue weighted by molar-refractivity contribution is 5.79. The lowest BCUT2D eigenvalue weighted by molar-refractivity contribution is 0.0224. The average molecular weight is 429 g/mol. The summed E-state index contributed by atoms with van der Waals surface area (Å²) in [7, 11) is 4.23. The number of carbonyl (C=O) groups is 1. The van der Waals surface area contributed by atoms with E-state index in [-0.39, 0.29) is 22.9 Å². The molecular weight excluding hydrogens is 391 g/mol. The van der Waals surface area contributed by atoms with Crippen molar-refractivity contribution in [2.75, 3.05) is 40.3 Å². The molecule has 4 fully saturated rings. The predicted octanol–water partition coefficient (Wildman–Crippen LogP) is 3.80. The van der Waals surface area contributed by atoms with Gasteiger partial charge >= 0.3 is 6.03 Å². The molecule has 0 unspecified atom stereocenters. The van der Waals surface area contributed by atoms with Crippen molar-refractivity contribution in [2.45, 2.75) is 68.5 Å². The third-order valence-corrected chi connectivity index (χ3v) is 8.63. The monoisotopic (exact) mass is 428 g/mol. The van der Waals surface area contributed by atoms with E-state index < -0.39 is 0 Å². The van der Waals surface area contributed by atoms with Gasteiger partial charge in [0.2, 0.25) is 0 Å². The van der Waals surface area contributed by atoms with Crippen LogP contribution >= 0.6 is 0 Å². The van der Waals surface area contributed by atoms with Gasteiger partial charge in [-0.05, 0) is 102 Å². The SMILES string of the molecule is CN(C)C1(c2cccc(F)c2)CCC2(CC1)CN(C1CCNCC1)C(=O)N2CC1CC1. The maximum absolute atomic E-state index is 14.1. The summed E-state index contributed by atoms with van der Waals surface area (Å²) in [5.41, 5.74) is 0.849. The van der Waals surface area contributed by atoms with Gasteiger partial charge < -0.3 is 15.1 Å². The Morgan fingerprint density at radius 1 is 1.10 bits per heavy atom. The molecule has 1 aromatic rings. The van der Waals surface area contributed by atoms with Gasteiger partial charge in [-0.15, -0.1) is 0 Å². The molecule has 0 radical (unpaired) electrons. The summed E-state index contributed by atoms with van der Waals surface area (Å²) in [5.74, 6) is 0.528. The van der Waals surface area contributed by atoms with Gasteiger partial charge in [-0.2, -0.15) is 0 Å². The zero-order chi connectivity index (χ0) is 21.6. The Bertz CT molecular complexity index is 809. The molecule has 2 saturated carbocycles. The number of halogens is 1. The zero-order valence-corrected chi connectivity index (χ0v) is 19.1. The fraction of sp³-hybridized carbons (Fsp3) is 0.720. The molecule has 1 spiro atoms. The number of carbonyl (C=O) groups excluding carboxylic acids is 1. The molecule has 5 nitrogen and oxygen atoms in total. The number of piperidine rings is 1. The van der Waals surface area contributed by atoms with E-state index in [9.17, 15) is 9.18 Å². The number of nitrogens with one attached hydrogen (secondary N) is 1. The van der Waals surface area contributed by atoms with Crippen LogP contribution < -0.4 is 5.32 Å². The molecule has 170 valence electrons. The lowest BCUT2D eigenvalue weighted by atomic mass is 9.68. The zero-order valence-electron chi connectivity index (χ0n) is 19.1. The second kappa shape index (κ2) is 8.04. The Kier molecular flexibility index (Phi) is 5.50. The van der Waals surface area contributed by atoms with Crippen molar-refractivity contribution in [3.05, 3.63) is 35.6 Å². The van der Waals surface area contributed by atoms with Crippen LogP contribution in [0.1, 0.15) is 56.9 Å². The van der Waals surface area contributed by atoms with Crippen LogP contribution in [0.15, 0.2) is 24.3 Å². The lowest BCUT2D eigenvalue weighted by Gasteiger charge is -2.51. The molecule has 31 heavy (non-hydrogen) atoms. The Hall–Kier alpha value is -1.66. The first kappa shape index (κ1) is 21.2. The summed E-state index contributed by atoms with van der Waals surface area (Å²) in [6, 6.07) is 7.80. The predicted molar refractivity (Wildman–Crippen MR) is 120 cm³/mol. The second-order valence-corrected chi connectivity index (χ2v) is 10.6. The highest BCUT2D eigenvalue weighted by Crippen LogP contribution is 2.50. The first-order valence-electron chi connectivity index (χ1n) is 12.2.